The highest BCUT2D eigenvalue weighted by Gasteiger charge is 2.14. The summed E-state index contributed by atoms with van der Waals surface area (Å²) in [6.45, 7) is 3.22. The maximum atomic E-state index is 11.9. The quantitative estimate of drug-likeness (QED) is 0.759. The summed E-state index contributed by atoms with van der Waals surface area (Å²) >= 11 is 0. The third kappa shape index (κ3) is 1.91. The highest BCUT2D eigenvalue weighted by Crippen LogP contribution is 1.98. The van der Waals surface area contributed by atoms with E-state index < -0.39 is 11.2 Å². The van der Waals surface area contributed by atoms with Gasteiger partial charge < -0.3 is 4.98 Å². The number of ketones is 1. The van der Waals surface area contributed by atoms with Crippen LogP contribution in [0.4, 0.5) is 0 Å². The van der Waals surface area contributed by atoms with E-state index in [4.69, 9.17) is 0 Å². The first-order valence-corrected chi connectivity index (χ1v) is 5.19. The summed E-state index contributed by atoms with van der Waals surface area (Å²) in [6, 6.07) is 0. The molecule has 0 unspecified atom stereocenters. The van der Waals surface area contributed by atoms with Crippen LogP contribution in [0.2, 0.25) is 0 Å². The third-order valence-corrected chi connectivity index (χ3v) is 2.53. The van der Waals surface area contributed by atoms with Crippen LogP contribution >= 0.6 is 0 Å². The molecule has 2 aromatic heterocycles. The van der Waals surface area contributed by atoms with E-state index in [2.05, 4.69) is 15.0 Å². The average Bonchev–Trinajstić information content (AvgIpc) is 2.71. The zero-order valence-corrected chi connectivity index (χ0v) is 9.48. The lowest BCUT2D eigenvalue weighted by atomic mass is 10.1. The van der Waals surface area contributed by atoms with Gasteiger partial charge in [0.05, 0.1) is 12.9 Å². The number of aromatic nitrogens is 4. The lowest BCUT2D eigenvalue weighted by Crippen LogP contribution is -2.38. The number of fused-ring (bicyclic) bond motifs is 1. The van der Waals surface area contributed by atoms with Crippen LogP contribution in [-0.2, 0) is 11.3 Å². The Kier molecular flexibility index (Phi) is 2.66. The minimum absolute atomic E-state index is 0.170. The molecule has 0 saturated heterocycles. The van der Waals surface area contributed by atoms with E-state index in [0.717, 1.165) is 4.57 Å². The number of nitrogens with zero attached hydrogens (tertiary/aromatic N) is 2. The molecule has 0 aliphatic heterocycles. The second-order valence-electron chi connectivity index (χ2n) is 4.07. The van der Waals surface area contributed by atoms with Crippen LogP contribution in [0.3, 0.4) is 0 Å². The van der Waals surface area contributed by atoms with Gasteiger partial charge >= 0.3 is 5.69 Å². The highest BCUT2D eigenvalue weighted by molar-refractivity contribution is 5.80. The minimum atomic E-state index is -0.622. The number of hydrogen-bond acceptors (Lipinski definition) is 4. The van der Waals surface area contributed by atoms with Crippen LogP contribution in [0.5, 0.6) is 0 Å². The summed E-state index contributed by atoms with van der Waals surface area (Å²) in [4.78, 5) is 43.9. The van der Waals surface area contributed by atoms with E-state index in [1.165, 1.54) is 6.33 Å². The highest BCUT2D eigenvalue weighted by atomic mass is 16.2. The van der Waals surface area contributed by atoms with Gasteiger partial charge in [0.25, 0.3) is 5.56 Å². The van der Waals surface area contributed by atoms with E-state index in [1.807, 2.05) is 0 Å². The largest absolute Gasteiger partial charge is 0.339 e. The molecular formula is C10H12N4O3. The van der Waals surface area contributed by atoms with Gasteiger partial charge in [0.1, 0.15) is 5.52 Å². The number of H-pyrrole nitrogens is 2. The number of carbonyl (C=O) groups is 1. The fourth-order valence-corrected chi connectivity index (χ4v) is 1.43. The van der Waals surface area contributed by atoms with Gasteiger partial charge in [0, 0.05) is 5.92 Å². The lowest BCUT2D eigenvalue weighted by Gasteiger charge is -2.05. The van der Waals surface area contributed by atoms with Crippen molar-refractivity contribution in [2.45, 2.75) is 20.4 Å². The van der Waals surface area contributed by atoms with Gasteiger partial charge in [-0.2, -0.15) is 0 Å². The van der Waals surface area contributed by atoms with Gasteiger partial charge in [-0.3, -0.25) is 19.1 Å². The zero-order chi connectivity index (χ0) is 12.6. The summed E-state index contributed by atoms with van der Waals surface area (Å²) in [5.74, 6) is -0.393. The Morgan fingerprint density at radius 3 is 2.82 bits per heavy atom. The van der Waals surface area contributed by atoms with Crippen molar-refractivity contribution in [3.05, 3.63) is 27.2 Å². The van der Waals surface area contributed by atoms with Crippen molar-refractivity contribution in [1.82, 2.24) is 19.5 Å². The second-order valence-corrected chi connectivity index (χ2v) is 4.07. The number of hydrogen-bond donors (Lipinski definition) is 2. The van der Waals surface area contributed by atoms with Gasteiger partial charge in [-0.15, -0.1) is 0 Å². The van der Waals surface area contributed by atoms with Gasteiger partial charge in [0.15, 0.2) is 11.4 Å². The molecule has 0 aliphatic rings. The molecule has 2 N–H and O–H groups in total. The van der Waals surface area contributed by atoms with Crippen LogP contribution < -0.4 is 11.2 Å². The van der Waals surface area contributed by atoms with Crippen molar-refractivity contribution in [2.75, 3.05) is 0 Å². The zero-order valence-electron chi connectivity index (χ0n) is 9.48. The first-order valence-electron chi connectivity index (χ1n) is 5.19. The normalized spacial score (nSPS) is 11.2. The van der Waals surface area contributed by atoms with Crippen molar-refractivity contribution < 1.29 is 4.79 Å². The summed E-state index contributed by atoms with van der Waals surface area (Å²) in [5.41, 5.74) is -0.756. The summed E-state index contributed by atoms with van der Waals surface area (Å²) < 4.78 is 0.878. The van der Waals surface area contributed by atoms with Crippen molar-refractivity contribution in [3.8, 4) is 0 Å². The first kappa shape index (κ1) is 11.3. The molecule has 2 aromatic rings. The van der Waals surface area contributed by atoms with Crippen molar-refractivity contribution in [3.63, 3.8) is 0 Å². The Morgan fingerprint density at radius 2 is 2.18 bits per heavy atom. The van der Waals surface area contributed by atoms with Crippen LogP contribution in [-0.4, -0.2) is 25.3 Å². The summed E-state index contributed by atoms with van der Waals surface area (Å²) in [5, 5.41) is 0. The second kappa shape index (κ2) is 4.00. The fraction of sp³-hybridized carbons (Fsp3) is 0.400. The average molecular weight is 236 g/mol. The van der Waals surface area contributed by atoms with Crippen molar-refractivity contribution >= 4 is 16.9 Å². The molecule has 7 heteroatoms. The van der Waals surface area contributed by atoms with Gasteiger partial charge in [-0.25, -0.2) is 9.78 Å². The van der Waals surface area contributed by atoms with E-state index in [0.29, 0.717) is 0 Å². The number of Topliss-reactive ketones (excluding diaryl/α,β-unsaturated/α-hetero) is 1. The van der Waals surface area contributed by atoms with E-state index in [9.17, 15) is 14.4 Å². The maximum absolute atomic E-state index is 11.9. The SMILES string of the molecule is CC(C)C(=O)Cn1c(=O)[nH]c2nc[nH]c2c1=O. The molecule has 0 spiro atoms. The fourth-order valence-electron chi connectivity index (χ4n) is 1.43. The molecule has 0 amide bonds. The predicted molar refractivity (Wildman–Crippen MR) is 60.8 cm³/mol. The molecule has 17 heavy (non-hydrogen) atoms. The van der Waals surface area contributed by atoms with Gasteiger partial charge in [-0.1, -0.05) is 13.8 Å². The molecular weight excluding hydrogens is 224 g/mol. The monoisotopic (exact) mass is 236 g/mol. The summed E-state index contributed by atoms with van der Waals surface area (Å²) in [7, 11) is 0. The molecule has 2 heterocycles. The Balaban J connectivity index is 2.58. The number of carbonyl (C=O) groups excluding carboxylic acids is 1. The van der Waals surface area contributed by atoms with Crippen LogP contribution in [0.25, 0.3) is 11.2 Å². The molecule has 7 nitrogen and oxygen atoms in total. The number of nitrogens with one attached hydrogen (secondary N) is 2. The van der Waals surface area contributed by atoms with E-state index >= 15 is 0 Å². The van der Waals surface area contributed by atoms with Crippen molar-refractivity contribution in [1.29, 1.82) is 0 Å². The van der Waals surface area contributed by atoms with Crippen LogP contribution in [0.15, 0.2) is 15.9 Å². The van der Waals surface area contributed by atoms with E-state index in [1.54, 1.807) is 13.8 Å². The Labute approximate surface area is 95.5 Å². The molecule has 0 radical (unpaired) electrons. The minimum Gasteiger partial charge on any atom is -0.339 e. The van der Waals surface area contributed by atoms with E-state index in [-0.39, 0.29) is 29.4 Å². The molecule has 2 rings (SSSR count). The maximum Gasteiger partial charge on any atom is 0.330 e. The Bertz CT molecular complexity index is 677. The molecule has 0 fully saturated rings. The smallest absolute Gasteiger partial charge is 0.330 e. The molecule has 0 bridgehead atoms. The van der Waals surface area contributed by atoms with Crippen molar-refractivity contribution in [2.24, 2.45) is 5.92 Å². The molecule has 90 valence electrons. The Morgan fingerprint density at radius 1 is 1.47 bits per heavy atom. The summed E-state index contributed by atoms with van der Waals surface area (Å²) in [6.07, 6.45) is 1.32. The number of aromatic amines is 2. The molecule has 0 aromatic carbocycles. The molecule has 0 aliphatic carbocycles. The van der Waals surface area contributed by atoms with Crippen LogP contribution in [0.1, 0.15) is 13.8 Å². The molecule has 0 atom stereocenters. The third-order valence-electron chi connectivity index (χ3n) is 2.53. The topological polar surface area (TPSA) is 101 Å². The number of rotatable bonds is 3. The first-order chi connectivity index (χ1) is 8.00. The lowest BCUT2D eigenvalue weighted by molar-refractivity contribution is -0.122. The van der Waals surface area contributed by atoms with Crippen LogP contribution in [0, 0.1) is 5.92 Å². The van der Waals surface area contributed by atoms with Gasteiger partial charge in [-0.05, 0) is 0 Å². The molecule has 0 saturated carbocycles. The Hall–Kier alpha value is -2.18. The standard InChI is InChI=1S/C10H12N4O3/c1-5(2)6(15)3-14-9(16)7-8(12-4-11-7)13-10(14)17/h4-5H,3H2,1-2H3,(H,11,12)(H,13,17). The predicted octanol–water partition coefficient (Wildman–Crippen LogP) is -0.362. The van der Waals surface area contributed by atoms with Gasteiger partial charge in [0.2, 0.25) is 0 Å². The number of imidazole rings is 1.